The van der Waals surface area contributed by atoms with Gasteiger partial charge in [0.2, 0.25) is 0 Å². The molecule has 0 aliphatic heterocycles. The standard InChI is InChI=1S/C14H21NO2/c1-3-14(2,16)9-17-13-7-6-11(15)8-12(13)10-4-5-10/h6-8,10,16H,3-5,9,15H2,1-2H3. The van der Waals surface area contributed by atoms with Gasteiger partial charge < -0.3 is 15.6 Å². The van der Waals surface area contributed by atoms with Crippen LogP contribution in [0.5, 0.6) is 5.75 Å². The van der Waals surface area contributed by atoms with E-state index in [9.17, 15) is 5.11 Å². The zero-order chi connectivity index (χ0) is 12.5. The number of ether oxygens (including phenoxy) is 1. The molecule has 94 valence electrons. The summed E-state index contributed by atoms with van der Waals surface area (Å²) in [7, 11) is 0. The molecule has 17 heavy (non-hydrogen) atoms. The van der Waals surface area contributed by atoms with Gasteiger partial charge in [-0.3, -0.25) is 0 Å². The van der Waals surface area contributed by atoms with Gasteiger partial charge in [0.15, 0.2) is 0 Å². The van der Waals surface area contributed by atoms with Crippen molar-refractivity contribution in [3.8, 4) is 5.75 Å². The molecule has 0 radical (unpaired) electrons. The molecule has 3 N–H and O–H groups in total. The van der Waals surface area contributed by atoms with E-state index in [0.717, 1.165) is 11.4 Å². The first-order chi connectivity index (χ1) is 8.02. The van der Waals surface area contributed by atoms with Gasteiger partial charge in [0.1, 0.15) is 12.4 Å². The van der Waals surface area contributed by atoms with E-state index in [1.54, 1.807) is 6.92 Å². The van der Waals surface area contributed by atoms with Gasteiger partial charge in [0, 0.05) is 5.69 Å². The molecule has 0 amide bonds. The zero-order valence-electron chi connectivity index (χ0n) is 10.6. The molecule has 1 saturated carbocycles. The summed E-state index contributed by atoms with van der Waals surface area (Å²) in [5.41, 5.74) is 7.01. The molecule has 0 aromatic heterocycles. The lowest BCUT2D eigenvalue weighted by molar-refractivity contribution is 0.00819. The topological polar surface area (TPSA) is 55.5 Å². The summed E-state index contributed by atoms with van der Waals surface area (Å²) < 4.78 is 5.74. The maximum atomic E-state index is 9.93. The number of nitrogens with two attached hydrogens (primary N) is 1. The molecule has 1 aromatic carbocycles. The quantitative estimate of drug-likeness (QED) is 0.771. The monoisotopic (exact) mass is 235 g/mol. The summed E-state index contributed by atoms with van der Waals surface area (Å²) >= 11 is 0. The van der Waals surface area contributed by atoms with Gasteiger partial charge in [0.25, 0.3) is 0 Å². The summed E-state index contributed by atoms with van der Waals surface area (Å²) in [6, 6.07) is 5.75. The third kappa shape index (κ3) is 3.13. The van der Waals surface area contributed by atoms with Gasteiger partial charge in [-0.2, -0.15) is 0 Å². The van der Waals surface area contributed by atoms with Crippen LogP contribution in [-0.2, 0) is 0 Å². The smallest absolute Gasteiger partial charge is 0.123 e. The fraction of sp³-hybridized carbons (Fsp3) is 0.571. The van der Waals surface area contributed by atoms with E-state index in [1.807, 2.05) is 25.1 Å². The van der Waals surface area contributed by atoms with Gasteiger partial charge in [-0.25, -0.2) is 0 Å². The third-order valence-electron chi connectivity index (χ3n) is 3.35. The normalized spacial score (nSPS) is 18.8. The van der Waals surface area contributed by atoms with Crippen LogP contribution < -0.4 is 10.5 Å². The minimum atomic E-state index is -0.762. The van der Waals surface area contributed by atoms with Gasteiger partial charge >= 0.3 is 0 Å². The van der Waals surface area contributed by atoms with Crippen LogP contribution in [0.2, 0.25) is 0 Å². The van der Waals surface area contributed by atoms with Crippen molar-refractivity contribution in [1.29, 1.82) is 0 Å². The Kier molecular flexibility index (Phi) is 3.29. The lowest BCUT2D eigenvalue weighted by atomic mass is 10.1. The second-order valence-corrected chi connectivity index (χ2v) is 5.21. The SMILES string of the molecule is CCC(C)(O)COc1ccc(N)cc1C1CC1. The molecular weight excluding hydrogens is 214 g/mol. The first-order valence-electron chi connectivity index (χ1n) is 6.26. The molecule has 2 rings (SSSR count). The Morgan fingerprint density at radius 1 is 1.47 bits per heavy atom. The highest BCUT2D eigenvalue weighted by Gasteiger charge is 2.28. The fourth-order valence-electron chi connectivity index (χ4n) is 1.75. The molecule has 0 bridgehead atoms. The Morgan fingerprint density at radius 3 is 2.76 bits per heavy atom. The molecule has 1 aromatic rings. The van der Waals surface area contributed by atoms with Crippen molar-refractivity contribution in [2.45, 2.75) is 44.6 Å². The third-order valence-corrected chi connectivity index (χ3v) is 3.35. The number of aliphatic hydroxyl groups is 1. The highest BCUT2D eigenvalue weighted by molar-refractivity contribution is 5.50. The van der Waals surface area contributed by atoms with Crippen LogP contribution in [0, 0.1) is 0 Å². The number of nitrogen functional groups attached to an aromatic ring is 1. The lowest BCUT2D eigenvalue weighted by Crippen LogP contribution is -2.31. The van der Waals surface area contributed by atoms with E-state index >= 15 is 0 Å². The minimum Gasteiger partial charge on any atom is -0.490 e. The number of hydrogen-bond donors (Lipinski definition) is 2. The summed E-state index contributed by atoms with van der Waals surface area (Å²) in [5, 5.41) is 9.93. The van der Waals surface area contributed by atoms with Crippen molar-refractivity contribution >= 4 is 5.69 Å². The van der Waals surface area contributed by atoms with Crippen molar-refractivity contribution in [3.63, 3.8) is 0 Å². The van der Waals surface area contributed by atoms with Crippen molar-refractivity contribution in [1.82, 2.24) is 0 Å². The van der Waals surface area contributed by atoms with Crippen LogP contribution >= 0.6 is 0 Å². The van der Waals surface area contributed by atoms with E-state index in [0.29, 0.717) is 18.9 Å². The maximum absolute atomic E-state index is 9.93. The molecule has 1 fully saturated rings. The molecular formula is C14H21NO2. The maximum Gasteiger partial charge on any atom is 0.123 e. The predicted octanol–water partition coefficient (Wildman–Crippen LogP) is 2.69. The summed E-state index contributed by atoms with van der Waals surface area (Å²) in [5.74, 6) is 1.47. The molecule has 1 aliphatic carbocycles. The summed E-state index contributed by atoms with van der Waals surface area (Å²) in [6.45, 7) is 4.07. The largest absolute Gasteiger partial charge is 0.490 e. The molecule has 0 spiro atoms. The zero-order valence-corrected chi connectivity index (χ0v) is 10.6. The fourth-order valence-corrected chi connectivity index (χ4v) is 1.75. The van der Waals surface area contributed by atoms with E-state index in [4.69, 9.17) is 10.5 Å². The first kappa shape index (κ1) is 12.2. The molecule has 0 heterocycles. The van der Waals surface area contributed by atoms with Gasteiger partial charge in [-0.15, -0.1) is 0 Å². The molecule has 1 atom stereocenters. The van der Waals surface area contributed by atoms with Crippen LogP contribution in [0.3, 0.4) is 0 Å². The van der Waals surface area contributed by atoms with E-state index in [2.05, 4.69) is 0 Å². The average Bonchev–Trinajstić information content (AvgIpc) is 3.11. The van der Waals surface area contributed by atoms with Gasteiger partial charge in [-0.1, -0.05) is 6.92 Å². The Labute approximate surface area is 103 Å². The van der Waals surface area contributed by atoms with Crippen molar-refractivity contribution in [2.24, 2.45) is 0 Å². The Balaban J connectivity index is 2.10. The predicted molar refractivity (Wildman–Crippen MR) is 69.2 cm³/mol. The Morgan fingerprint density at radius 2 is 2.18 bits per heavy atom. The van der Waals surface area contributed by atoms with Crippen molar-refractivity contribution in [2.75, 3.05) is 12.3 Å². The van der Waals surface area contributed by atoms with Gasteiger partial charge in [-0.05, 0) is 55.9 Å². The number of anilines is 1. The van der Waals surface area contributed by atoms with Crippen LogP contribution in [-0.4, -0.2) is 17.3 Å². The molecule has 3 heteroatoms. The lowest BCUT2D eigenvalue weighted by Gasteiger charge is -2.22. The van der Waals surface area contributed by atoms with E-state index < -0.39 is 5.60 Å². The average molecular weight is 235 g/mol. The highest BCUT2D eigenvalue weighted by atomic mass is 16.5. The summed E-state index contributed by atoms with van der Waals surface area (Å²) in [4.78, 5) is 0. The van der Waals surface area contributed by atoms with E-state index in [-0.39, 0.29) is 0 Å². The number of benzene rings is 1. The highest BCUT2D eigenvalue weighted by Crippen LogP contribution is 2.45. The van der Waals surface area contributed by atoms with Crippen LogP contribution in [0.15, 0.2) is 18.2 Å². The first-order valence-corrected chi connectivity index (χ1v) is 6.26. The van der Waals surface area contributed by atoms with Crippen LogP contribution in [0.1, 0.15) is 44.6 Å². The van der Waals surface area contributed by atoms with Crippen molar-refractivity contribution < 1.29 is 9.84 Å². The van der Waals surface area contributed by atoms with E-state index in [1.165, 1.54) is 18.4 Å². The second-order valence-electron chi connectivity index (χ2n) is 5.21. The molecule has 1 aliphatic rings. The van der Waals surface area contributed by atoms with Crippen molar-refractivity contribution in [3.05, 3.63) is 23.8 Å². The van der Waals surface area contributed by atoms with Crippen LogP contribution in [0.25, 0.3) is 0 Å². The van der Waals surface area contributed by atoms with Crippen LogP contribution in [0.4, 0.5) is 5.69 Å². The molecule has 3 nitrogen and oxygen atoms in total. The molecule has 0 saturated heterocycles. The summed E-state index contributed by atoms with van der Waals surface area (Å²) in [6.07, 6.45) is 3.11. The second kappa shape index (κ2) is 4.57. The Bertz CT molecular complexity index is 397. The number of rotatable bonds is 5. The molecule has 1 unspecified atom stereocenters. The van der Waals surface area contributed by atoms with Gasteiger partial charge in [0.05, 0.1) is 5.60 Å². The number of hydrogen-bond acceptors (Lipinski definition) is 3. The Hall–Kier alpha value is -1.22. The minimum absolute atomic E-state index is 0.327.